The third-order valence-corrected chi connectivity index (χ3v) is 3.68. The second-order valence-electron chi connectivity index (χ2n) is 5.24. The van der Waals surface area contributed by atoms with Crippen molar-refractivity contribution in [3.05, 3.63) is 35.6 Å². The summed E-state index contributed by atoms with van der Waals surface area (Å²) in [7, 11) is 0. The Bertz CT molecular complexity index is 428. The van der Waals surface area contributed by atoms with Crippen molar-refractivity contribution in [1.29, 1.82) is 0 Å². The van der Waals surface area contributed by atoms with Gasteiger partial charge in [-0.25, -0.2) is 4.39 Å². The summed E-state index contributed by atoms with van der Waals surface area (Å²) < 4.78 is 12.8. The number of nitrogens with two attached hydrogens (primary N) is 1. The van der Waals surface area contributed by atoms with Gasteiger partial charge in [0, 0.05) is 6.54 Å². The van der Waals surface area contributed by atoms with Gasteiger partial charge in [-0.15, -0.1) is 0 Å². The Kier molecular flexibility index (Phi) is 3.66. The maximum atomic E-state index is 12.8. The Hall–Kier alpha value is -1.42. The van der Waals surface area contributed by atoms with E-state index in [0.29, 0.717) is 18.8 Å². The Morgan fingerprint density at radius 1 is 1.39 bits per heavy atom. The van der Waals surface area contributed by atoms with E-state index >= 15 is 0 Å². The second kappa shape index (κ2) is 5.06. The quantitative estimate of drug-likeness (QED) is 0.814. The lowest BCUT2D eigenvalue weighted by Crippen LogP contribution is -2.41. The molecule has 0 saturated heterocycles. The minimum atomic E-state index is -0.904. The number of rotatable bonds is 6. The van der Waals surface area contributed by atoms with Crippen LogP contribution in [0.15, 0.2) is 24.3 Å². The third-order valence-electron chi connectivity index (χ3n) is 3.68. The van der Waals surface area contributed by atoms with Crippen LogP contribution in [0.1, 0.15) is 24.8 Å². The van der Waals surface area contributed by atoms with Gasteiger partial charge < -0.3 is 10.8 Å². The van der Waals surface area contributed by atoms with E-state index in [1.165, 1.54) is 12.1 Å². The topological polar surface area (TPSA) is 63.3 Å². The van der Waals surface area contributed by atoms with Crippen molar-refractivity contribution in [1.82, 2.24) is 0 Å². The van der Waals surface area contributed by atoms with Gasteiger partial charge in [0.1, 0.15) is 5.82 Å². The Morgan fingerprint density at radius 2 is 2.00 bits per heavy atom. The Morgan fingerprint density at radius 3 is 2.44 bits per heavy atom. The summed E-state index contributed by atoms with van der Waals surface area (Å²) in [4.78, 5) is 11.5. The molecule has 0 amide bonds. The predicted octanol–water partition coefficient (Wildman–Crippen LogP) is 2.20. The third kappa shape index (κ3) is 2.88. The van der Waals surface area contributed by atoms with Crippen LogP contribution in [-0.2, 0) is 11.2 Å². The fraction of sp³-hybridized carbons (Fsp3) is 0.500. The van der Waals surface area contributed by atoms with Gasteiger partial charge in [-0.3, -0.25) is 4.79 Å². The van der Waals surface area contributed by atoms with Gasteiger partial charge in [0.15, 0.2) is 0 Å². The van der Waals surface area contributed by atoms with Gasteiger partial charge in [-0.2, -0.15) is 0 Å². The first-order valence-electron chi connectivity index (χ1n) is 6.24. The highest BCUT2D eigenvalue weighted by molar-refractivity contribution is 5.75. The van der Waals surface area contributed by atoms with Gasteiger partial charge >= 0.3 is 5.97 Å². The zero-order valence-corrected chi connectivity index (χ0v) is 10.2. The second-order valence-corrected chi connectivity index (χ2v) is 5.24. The van der Waals surface area contributed by atoms with Crippen molar-refractivity contribution in [2.75, 3.05) is 6.54 Å². The monoisotopic (exact) mass is 251 g/mol. The van der Waals surface area contributed by atoms with Crippen molar-refractivity contribution in [2.45, 2.75) is 25.7 Å². The normalized spacial score (nSPS) is 18.3. The molecule has 2 rings (SSSR count). The molecule has 1 aliphatic rings. The molecule has 1 saturated carbocycles. The highest BCUT2D eigenvalue weighted by atomic mass is 19.1. The van der Waals surface area contributed by atoms with Crippen LogP contribution in [0.25, 0.3) is 0 Å². The van der Waals surface area contributed by atoms with Gasteiger partial charge in [-0.1, -0.05) is 25.0 Å². The molecular weight excluding hydrogens is 233 g/mol. The number of benzene rings is 1. The van der Waals surface area contributed by atoms with Crippen LogP contribution in [0.2, 0.25) is 0 Å². The molecule has 0 aliphatic heterocycles. The molecule has 98 valence electrons. The number of aliphatic carboxylic acids is 1. The summed E-state index contributed by atoms with van der Waals surface area (Å²) in [6.07, 6.45) is 3.18. The largest absolute Gasteiger partial charge is 0.481 e. The first kappa shape index (κ1) is 13.0. The molecule has 0 aromatic heterocycles. The molecule has 4 heteroatoms. The van der Waals surface area contributed by atoms with Crippen molar-refractivity contribution in [3.63, 3.8) is 0 Å². The fourth-order valence-electron chi connectivity index (χ4n) is 2.35. The molecule has 1 aromatic carbocycles. The maximum absolute atomic E-state index is 12.8. The summed E-state index contributed by atoms with van der Waals surface area (Å²) >= 11 is 0. The first-order chi connectivity index (χ1) is 8.55. The number of carboxylic acids is 1. The van der Waals surface area contributed by atoms with Crippen molar-refractivity contribution < 1.29 is 14.3 Å². The molecule has 3 nitrogen and oxygen atoms in total. The molecule has 18 heavy (non-hydrogen) atoms. The van der Waals surface area contributed by atoms with E-state index in [2.05, 4.69) is 0 Å². The SMILES string of the molecule is NCC(Cc1ccc(F)cc1)(CC1CC1)C(=O)O. The summed E-state index contributed by atoms with van der Waals surface area (Å²) in [5.74, 6) is -0.666. The van der Waals surface area contributed by atoms with E-state index in [1.807, 2.05) is 0 Å². The standard InChI is InChI=1S/C14H18FNO2/c15-12-5-3-11(4-6-12)8-14(9-16,13(17)18)7-10-1-2-10/h3-6,10H,1-2,7-9,16H2,(H,17,18). The predicted molar refractivity (Wildman–Crippen MR) is 66.6 cm³/mol. The number of carbonyl (C=O) groups is 1. The molecule has 0 radical (unpaired) electrons. The van der Waals surface area contributed by atoms with Gasteiger partial charge in [0.05, 0.1) is 5.41 Å². The number of hydrogen-bond donors (Lipinski definition) is 2. The highest BCUT2D eigenvalue weighted by Crippen LogP contribution is 2.41. The van der Waals surface area contributed by atoms with E-state index in [-0.39, 0.29) is 12.4 Å². The van der Waals surface area contributed by atoms with E-state index in [9.17, 15) is 14.3 Å². The first-order valence-corrected chi connectivity index (χ1v) is 6.24. The Labute approximate surface area is 106 Å². The lowest BCUT2D eigenvalue weighted by Gasteiger charge is -2.28. The van der Waals surface area contributed by atoms with Crippen LogP contribution in [0.5, 0.6) is 0 Å². The number of carboxylic acid groups (broad SMARTS) is 1. The van der Waals surface area contributed by atoms with E-state index < -0.39 is 11.4 Å². The van der Waals surface area contributed by atoms with Gasteiger partial charge in [-0.05, 0) is 36.5 Å². The van der Waals surface area contributed by atoms with Crippen molar-refractivity contribution in [2.24, 2.45) is 17.1 Å². The fourth-order valence-corrected chi connectivity index (χ4v) is 2.35. The van der Waals surface area contributed by atoms with Crippen LogP contribution in [0.4, 0.5) is 4.39 Å². The lowest BCUT2D eigenvalue weighted by molar-refractivity contribution is -0.149. The van der Waals surface area contributed by atoms with Crippen LogP contribution in [-0.4, -0.2) is 17.6 Å². The smallest absolute Gasteiger partial charge is 0.311 e. The maximum Gasteiger partial charge on any atom is 0.311 e. The van der Waals surface area contributed by atoms with Crippen molar-refractivity contribution in [3.8, 4) is 0 Å². The average molecular weight is 251 g/mol. The molecule has 0 spiro atoms. The minimum Gasteiger partial charge on any atom is -0.481 e. The summed E-state index contributed by atoms with van der Waals surface area (Å²) in [5, 5.41) is 9.46. The van der Waals surface area contributed by atoms with Crippen LogP contribution < -0.4 is 5.73 Å². The van der Waals surface area contributed by atoms with Crippen LogP contribution >= 0.6 is 0 Å². The van der Waals surface area contributed by atoms with Gasteiger partial charge in [0.2, 0.25) is 0 Å². The molecule has 1 aromatic rings. The molecule has 1 atom stereocenters. The Balaban J connectivity index is 2.17. The molecule has 1 fully saturated rings. The molecule has 1 unspecified atom stereocenters. The summed E-state index contributed by atoms with van der Waals surface area (Å²) in [6.45, 7) is 0.121. The molecule has 1 aliphatic carbocycles. The zero-order valence-electron chi connectivity index (χ0n) is 10.2. The van der Waals surface area contributed by atoms with Crippen LogP contribution in [0.3, 0.4) is 0 Å². The molecular formula is C14H18FNO2. The summed E-state index contributed by atoms with van der Waals surface area (Å²) in [5.41, 5.74) is 5.63. The van der Waals surface area contributed by atoms with E-state index in [0.717, 1.165) is 18.4 Å². The van der Waals surface area contributed by atoms with E-state index in [4.69, 9.17) is 5.73 Å². The zero-order chi connectivity index (χ0) is 13.2. The number of hydrogen-bond acceptors (Lipinski definition) is 2. The van der Waals surface area contributed by atoms with E-state index in [1.54, 1.807) is 12.1 Å². The average Bonchev–Trinajstić information content (AvgIpc) is 3.14. The van der Waals surface area contributed by atoms with Crippen molar-refractivity contribution >= 4 is 5.97 Å². The lowest BCUT2D eigenvalue weighted by atomic mass is 9.77. The van der Waals surface area contributed by atoms with Crippen LogP contribution in [0, 0.1) is 17.2 Å². The summed E-state index contributed by atoms with van der Waals surface area (Å²) in [6, 6.07) is 5.98. The van der Waals surface area contributed by atoms with Gasteiger partial charge in [0.25, 0.3) is 0 Å². The molecule has 0 heterocycles. The highest BCUT2D eigenvalue weighted by Gasteiger charge is 2.42. The minimum absolute atomic E-state index is 0.121. The number of halogens is 1. The molecule has 0 bridgehead atoms. The molecule has 3 N–H and O–H groups in total.